The maximum atomic E-state index is 11.8. The van der Waals surface area contributed by atoms with Crippen molar-refractivity contribution in [2.45, 2.75) is 11.8 Å². The zero-order chi connectivity index (χ0) is 20.6. The van der Waals surface area contributed by atoms with E-state index < -0.39 is 9.84 Å². The minimum Gasteiger partial charge on any atom is -0.337 e. The lowest BCUT2D eigenvalue weighted by Gasteiger charge is -2.05. The van der Waals surface area contributed by atoms with Gasteiger partial charge in [0.2, 0.25) is 0 Å². The molecule has 1 N–H and O–H groups in total. The van der Waals surface area contributed by atoms with E-state index in [1.807, 2.05) is 43.3 Å². The van der Waals surface area contributed by atoms with Gasteiger partial charge in [0.1, 0.15) is 5.82 Å². The zero-order valence-electron chi connectivity index (χ0n) is 16.0. The highest BCUT2D eigenvalue weighted by Crippen LogP contribution is 2.34. The van der Waals surface area contributed by atoms with Gasteiger partial charge in [-0.25, -0.2) is 13.4 Å². The Morgan fingerprint density at radius 3 is 1.93 bits per heavy atom. The van der Waals surface area contributed by atoms with Crippen LogP contribution < -0.4 is 0 Å². The quantitative estimate of drug-likeness (QED) is 0.453. The summed E-state index contributed by atoms with van der Waals surface area (Å²) in [5.41, 5.74) is 5.57. The van der Waals surface area contributed by atoms with Gasteiger partial charge in [-0.05, 0) is 43.3 Å². The molecule has 1 aromatic heterocycles. The molecule has 0 aliphatic rings. The molecule has 0 spiro atoms. The number of sulfone groups is 1. The summed E-state index contributed by atoms with van der Waals surface area (Å²) in [6.45, 7) is 2.04. The van der Waals surface area contributed by atoms with Crippen molar-refractivity contribution in [2.24, 2.45) is 0 Å². The Morgan fingerprint density at radius 2 is 1.34 bits per heavy atom. The minimum absolute atomic E-state index is 0.284. The van der Waals surface area contributed by atoms with E-state index in [4.69, 9.17) is 16.6 Å². The average molecular weight is 423 g/mol. The van der Waals surface area contributed by atoms with Crippen molar-refractivity contribution < 1.29 is 8.42 Å². The summed E-state index contributed by atoms with van der Waals surface area (Å²) >= 11 is 6.01. The number of aromatic amines is 1. The lowest BCUT2D eigenvalue weighted by atomic mass is 10.0. The van der Waals surface area contributed by atoms with E-state index in [-0.39, 0.29) is 4.90 Å². The topological polar surface area (TPSA) is 62.8 Å². The van der Waals surface area contributed by atoms with Crippen LogP contribution in [0.5, 0.6) is 0 Å². The second kappa shape index (κ2) is 7.50. The predicted octanol–water partition coefficient (Wildman–Crippen LogP) is 5.78. The van der Waals surface area contributed by atoms with Crippen molar-refractivity contribution in [3.8, 4) is 33.9 Å². The van der Waals surface area contributed by atoms with Gasteiger partial charge in [0, 0.05) is 28.0 Å². The van der Waals surface area contributed by atoms with E-state index in [1.54, 1.807) is 24.3 Å². The van der Waals surface area contributed by atoms with E-state index in [9.17, 15) is 8.42 Å². The molecule has 0 aliphatic heterocycles. The third-order valence-corrected chi connectivity index (χ3v) is 6.10. The summed E-state index contributed by atoms with van der Waals surface area (Å²) in [5, 5.41) is 0.663. The van der Waals surface area contributed by atoms with Crippen molar-refractivity contribution in [3.05, 3.63) is 83.4 Å². The maximum Gasteiger partial charge on any atom is 0.175 e. The smallest absolute Gasteiger partial charge is 0.175 e. The Kier molecular flexibility index (Phi) is 5.03. The van der Waals surface area contributed by atoms with Crippen molar-refractivity contribution in [1.82, 2.24) is 9.97 Å². The molecule has 1 heterocycles. The molecule has 0 fully saturated rings. The van der Waals surface area contributed by atoms with Gasteiger partial charge in [-0.1, -0.05) is 53.6 Å². The van der Waals surface area contributed by atoms with Crippen molar-refractivity contribution in [1.29, 1.82) is 0 Å². The van der Waals surface area contributed by atoms with Crippen molar-refractivity contribution in [2.75, 3.05) is 6.26 Å². The second-order valence-corrected chi connectivity index (χ2v) is 9.43. The number of nitrogens with zero attached hydrogens (tertiary/aromatic N) is 1. The Morgan fingerprint density at radius 1 is 0.793 bits per heavy atom. The van der Waals surface area contributed by atoms with Gasteiger partial charge in [-0.3, -0.25) is 0 Å². The van der Waals surface area contributed by atoms with Crippen molar-refractivity contribution in [3.63, 3.8) is 0 Å². The Labute approximate surface area is 175 Å². The van der Waals surface area contributed by atoms with Crippen LogP contribution in [0.3, 0.4) is 0 Å². The first-order chi connectivity index (χ1) is 13.8. The third kappa shape index (κ3) is 4.11. The van der Waals surface area contributed by atoms with Crippen LogP contribution in [0.15, 0.2) is 77.7 Å². The molecular formula is C23H19ClN2O2S. The predicted molar refractivity (Wildman–Crippen MR) is 118 cm³/mol. The summed E-state index contributed by atoms with van der Waals surface area (Å²) in [4.78, 5) is 8.53. The molecule has 0 aliphatic carbocycles. The van der Waals surface area contributed by atoms with Gasteiger partial charge >= 0.3 is 0 Å². The molecule has 4 rings (SSSR count). The van der Waals surface area contributed by atoms with Crippen LogP contribution in [0.4, 0.5) is 0 Å². The van der Waals surface area contributed by atoms with E-state index >= 15 is 0 Å². The van der Waals surface area contributed by atoms with Crippen LogP contribution in [0.1, 0.15) is 5.56 Å². The standard InChI is InChI=1S/C23H19ClN2O2S/c1-15-3-5-16(6-4-15)21-22(17-9-13-20(14-10-17)29(2,27)28)26-23(25-21)18-7-11-19(24)12-8-18/h3-14H,1-2H3,(H,25,26). The summed E-state index contributed by atoms with van der Waals surface area (Å²) in [6.07, 6.45) is 1.20. The van der Waals surface area contributed by atoms with Gasteiger partial charge < -0.3 is 4.98 Å². The normalized spacial score (nSPS) is 11.6. The molecular weight excluding hydrogens is 404 g/mol. The molecule has 0 saturated carbocycles. The molecule has 6 heteroatoms. The average Bonchev–Trinajstić information content (AvgIpc) is 3.14. The van der Waals surface area contributed by atoms with Gasteiger partial charge in [-0.15, -0.1) is 0 Å². The number of hydrogen-bond acceptors (Lipinski definition) is 3. The number of benzene rings is 3. The summed E-state index contributed by atoms with van der Waals surface area (Å²) in [6, 6.07) is 22.5. The first-order valence-corrected chi connectivity index (χ1v) is 11.3. The lowest BCUT2D eigenvalue weighted by Crippen LogP contribution is -1.96. The van der Waals surface area contributed by atoms with E-state index in [1.165, 1.54) is 11.8 Å². The van der Waals surface area contributed by atoms with Crippen LogP contribution in [-0.4, -0.2) is 24.6 Å². The maximum absolute atomic E-state index is 11.8. The highest BCUT2D eigenvalue weighted by atomic mass is 35.5. The molecule has 0 bridgehead atoms. The Bertz CT molecular complexity index is 1260. The van der Waals surface area contributed by atoms with Crippen LogP contribution in [0, 0.1) is 6.92 Å². The molecule has 0 unspecified atom stereocenters. The minimum atomic E-state index is -3.25. The summed E-state index contributed by atoms with van der Waals surface area (Å²) in [7, 11) is -3.25. The fourth-order valence-electron chi connectivity index (χ4n) is 3.12. The number of aromatic nitrogens is 2. The number of imidazole rings is 1. The molecule has 29 heavy (non-hydrogen) atoms. The molecule has 4 nitrogen and oxygen atoms in total. The highest BCUT2D eigenvalue weighted by Gasteiger charge is 2.16. The third-order valence-electron chi connectivity index (χ3n) is 4.72. The molecule has 0 atom stereocenters. The SMILES string of the molecule is Cc1ccc(-c2[nH]c(-c3ccc(Cl)cc3)nc2-c2ccc(S(C)(=O)=O)cc2)cc1. The molecule has 0 saturated heterocycles. The summed E-state index contributed by atoms with van der Waals surface area (Å²) < 4.78 is 23.6. The lowest BCUT2D eigenvalue weighted by molar-refractivity contribution is 0.602. The summed E-state index contributed by atoms with van der Waals surface area (Å²) in [5.74, 6) is 0.722. The first-order valence-electron chi connectivity index (χ1n) is 9.05. The fraction of sp³-hybridized carbons (Fsp3) is 0.0870. The van der Waals surface area contributed by atoms with Gasteiger partial charge in [-0.2, -0.15) is 0 Å². The monoisotopic (exact) mass is 422 g/mol. The van der Waals surface area contributed by atoms with Gasteiger partial charge in [0.05, 0.1) is 16.3 Å². The number of halogens is 1. The number of H-pyrrole nitrogens is 1. The molecule has 4 aromatic rings. The first kappa shape index (κ1) is 19.4. The van der Waals surface area contributed by atoms with Crippen LogP contribution in [-0.2, 0) is 9.84 Å². The van der Waals surface area contributed by atoms with Gasteiger partial charge in [0.15, 0.2) is 9.84 Å². The van der Waals surface area contributed by atoms with Crippen LogP contribution >= 0.6 is 11.6 Å². The van der Waals surface area contributed by atoms with Gasteiger partial charge in [0.25, 0.3) is 0 Å². The van der Waals surface area contributed by atoms with Crippen LogP contribution in [0.2, 0.25) is 5.02 Å². The number of hydrogen-bond donors (Lipinski definition) is 1. The van der Waals surface area contributed by atoms with E-state index in [2.05, 4.69) is 17.1 Å². The number of aryl methyl sites for hydroxylation is 1. The Hall–Kier alpha value is -2.89. The van der Waals surface area contributed by atoms with E-state index in [0.29, 0.717) is 5.02 Å². The highest BCUT2D eigenvalue weighted by molar-refractivity contribution is 7.90. The Balaban J connectivity index is 1.86. The molecule has 0 radical (unpaired) electrons. The van der Waals surface area contributed by atoms with E-state index in [0.717, 1.165) is 33.9 Å². The largest absolute Gasteiger partial charge is 0.337 e. The molecule has 146 valence electrons. The molecule has 0 amide bonds. The molecule has 3 aromatic carbocycles. The zero-order valence-corrected chi connectivity index (χ0v) is 17.6. The van der Waals surface area contributed by atoms with Crippen LogP contribution in [0.25, 0.3) is 33.9 Å². The fourth-order valence-corrected chi connectivity index (χ4v) is 3.87. The second-order valence-electron chi connectivity index (χ2n) is 6.98. The number of rotatable bonds is 4. The van der Waals surface area contributed by atoms with Crippen molar-refractivity contribution >= 4 is 21.4 Å². The number of nitrogens with one attached hydrogen (secondary N) is 1.